The second-order valence-electron chi connectivity index (χ2n) is 10.0. The van der Waals surface area contributed by atoms with Gasteiger partial charge in [0.1, 0.15) is 12.4 Å². The Labute approximate surface area is 218 Å². The zero-order chi connectivity index (χ0) is 25.8. The topological polar surface area (TPSA) is 29.5 Å². The van der Waals surface area contributed by atoms with Gasteiger partial charge >= 0.3 is 0 Å². The van der Waals surface area contributed by atoms with E-state index in [4.69, 9.17) is 4.74 Å². The number of nitrogens with zero attached hydrogens (tertiary/aromatic N) is 1. The van der Waals surface area contributed by atoms with Crippen LogP contribution >= 0.6 is 0 Å². The van der Waals surface area contributed by atoms with Crippen molar-refractivity contribution in [2.24, 2.45) is 0 Å². The lowest BCUT2D eigenvalue weighted by molar-refractivity contribution is 0.0962. The van der Waals surface area contributed by atoms with Crippen LogP contribution in [0.5, 0.6) is 5.75 Å². The van der Waals surface area contributed by atoms with E-state index in [1.807, 2.05) is 61.5 Å². The number of ketones is 1. The lowest BCUT2D eigenvalue weighted by Crippen LogP contribution is -2.30. The molecule has 0 aliphatic rings. The molecular weight excluding hydrogens is 442 g/mol. The Morgan fingerprint density at radius 3 is 1.86 bits per heavy atom. The molecule has 0 saturated heterocycles. The van der Waals surface area contributed by atoms with Gasteiger partial charge in [-0.15, -0.1) is 0 Å². The molecule has 3 aromatic carbocycles. The molecule has 3 rings (SSSR count). The Morgan fingerprint density at radius 1 is 0.806 bits per heavy atom. The van der Waals surface area contributed by atoms with Gasteiger partial charge in [0.15, 0.2) is 5.78 Å². The minimum absolute atomic E-state index is 0.144. The highest BCUT2D eigenvalue weighted by Gasteiger charge is 2.32. The molecule has 0 fully saturated rings. The van der Waals surface area contributed by atoms with Crippen LogP contribution in [0.4, 0.5) is 0 Å². The van der Waals surface area contributed by atoms with E-state index in [-0.39, 0.29) is 5.78 Å². The van der Waals surface area contributed by atoms with Gasteiger partial charge in [-0.3, -0.25) is 9.69 Å². The summed E-state index contributed by atoms with van der Waals surface area (Å²) in [6, 6.07) is 26.6. The summed E-state index contributed by atoms with van der Waals surface area (Å²) in [5, 5.41) is 0. The van der Waals surface area contributed by atoms with Crippen molar-refractivity contribution in [1.29, 1.82) is 0 Å². The lowest BCUT2D eigenvalue weighted by Gasteiger charge is -2.30. The van der Waals surface area contributed by atoms with E-state index in [0.29, 0.717) is 13.0 Å². The van der Waals surface area contributed by atoms with Gasteiger partial charge in [0.25, 0.3) is 0 Å². The van der Waals surface area contributed by atoms with Crippen molar-refractivity contribution in [3.8, 4) is 5.75 Å². The first-order valence-corrected chi connectivity index (χ1v) is 13.6. The fourth-order valence-corrected chi connectivity index (χ4v) is 4.77. The van der Waals surface area contributed by atoms with E-state index >= 15 is 0 Å². The molecule has 0 heterocycles. The summed E-state index contributed by atoms with van der Waals surface area (Å²) in [7, 11) is 0. The van der Waals surface area contributed by atoms with Crippen molar-refractivity contribution in [3.63, 3.8) is 0 Å². The van der Waals surface area contributed by atoms with E-state index in [9.17, 15) is 4.79 Å². The molecule has 0 N–H and O–H groups in total. The van der Waals surface area contributed by atoms with E-state index < -0.39 is 5.41 Å². The molecule has 0 aliphatic heterocycles. The van der Waals surface area contributed by atoms with Crippen molar-refractivity contribution < 1.29 is 9.53 Å². The Kier molecular flexibility index (Phi) is 10.8. The van der Waals surface area contributed by atoms with Crippen LogP contribution in [0.2, 0.25) is 0 Å². The molecule has 0 spiro atoms. The predicted molar refractivity (Wildman–Crippen MR) is 151 cm³/mol. The molecule has 3 heteroatoms. The molecule has 0 radical (unpaired) electrons. The fourth-order valence-electron chi connectivity index (χ4n) is 4.77. The predicted octanol–water partition coefficient (Wildman–Crippen LogP) is 7.86. The average Bonchev–Trinajstić information content (AvgIpc) is 2.91. The molecule has 192 valence electrons. The third-order valence-corrected chi connectivity index (χ3v) is 7.15. The molecule has 0 atom stereocenters. The Morgan fingerprint density at radius 2 is 1.36 bits per heavy atom. The number of hydrogen-bond acceptors (Lipinski definition) is 3. The Bertz CT molecular complexity index is 1010. The smallest absolute Gasteiger partial charge is 0.164 e. The monoisotopic (exact) mass is 485 g/mol. The second-order valence-corrected chi connectivity index (χ2v) is 10.0. The zero-order valence-electron chi connectivity index (χ0n) is 22.6. The summed E-state index contributed by atoms with van der Waals surface area (Å²) in [6.07, 6.45) is 5.29. The number of ether oxygens (including phenoxy) is 1. The molecule has 36 heavy (non-hydrogen) atoms. The third kappa shape index (κ3) is 7.54. The van der Waals surface area contributed by atoms with Gasteiger partial charge in [-0.05, 0) is 67.7 Å². The Hall–Kier alpha value is -2.91. The standard InChI is InChI=1S/C33H43NO2/c1-5-7-21-34(22-8-6-2)23-24-36-32-20-19-28(25-27(32)3)31(35)26-33(4,29-15-11-9-12-16-29)30-17-13-10-14-18-30/h9-20,25H,5-8,21-24,26H2,1-4H3. The number of hydrogen-bond donors (Lipinski definition) is 0. The van der Waals surface area contributed by atoms with Crippen LogP contribution in [0.3, 0.4) is 0 Å². The number of rotatable bonds is 15. The summed E-state index contributed by atoms with van der Waals surface area (Å²) in [5.41, 5.74) is 3.65. The van der Waals surface area contributed by atoms with Crippen molar-refractivity contribution in [2.45, 2.75) is 65.2 Å². The van der Waals surface area contributed by atoms with E-state index in [1.54, 1.807) is 0 Å². The largest absolute Gasteiger partial charge is 0.492 e. The molecule has 3 nitrogen and oxygen atoms in total. The number of Topliss-reactive ketones (excluding diaryl/α,β-unsaturated/α-hetero) is 1. The number of benzene rings is 3. The first-order valence-electron chi connectivity index (χ1n) is 13.6. The zero-order valence-corrected chi connectivity index (χ0v) is 22.6. The number of aryl methyl sites for hydroxylation is 1. The molecule has 0 bridgehead atoms. The van der Waals surface area contributed by atoms with Crippen LogP contribution in [-0.4, -0.2) is 36.9 Å². The lowest BCUT2D eigenvalue weighted by atomic mass is 9.72. The minimum Gasteiger partial charge on any atom is -0.492 e. The SMILES string of the molecule is CCCCN(CCCC)CCOc1ccc(C(=O)CC(C)(c2ccccc2)c2ccccc2)cc1C. The maximum atomic E-state index is 13.5. The van der Waals surface area contributed by atoms with Gasteiger partial charge < -0.3 is 4.74 Å². The maximum Gasteiger partial charge on any atom is 0.164 e. The van der Waals surface area contributed by atoms with Crippen LogP contribution in [0.25, 0.3) is 0 Å². The van der Waals surface area contributed by atoms with Crippen LogP contribution in [0.1, 0.15) is 79.9 Å². The number of unbranched alkanes of at least 4 members (excludes halogenated alkanes) is 2. The highest BCUT2D eigenvalue weighted by atomic mass is 16.5. The van der Waals surface area contributed by atoms with Crippen molar-refractivity contribution >= 4 is 5.78 Å². The van der Waals surface area contributed by atoms with E-state index in [1.165, 1.54) is 25.7 Å². The molecule has 0 aromatic heterocycles. The Balaban J connectivity index is 1.69. The van der Waals surface area contributed by atoms with Crippen LogP contribution in [-0.2, 0) is 5.41 Å². The first-order chi connectivity index (χ1) is 17.5. The van der Waals surface area contributed by atoms with E-state index in [2.05, 4.69) is 49.9 Å². The van der Waals surface area contributed by atoms with Gasteiger partial charge in [0, 0.05) is 23.9 Å². The molecular formula is C33H43NO2. The summed E-state index contributed by atoms with van der Waals surface area (Å²) >= 11 is 0. The summed E-state index contributed by atoms with van der Waals surface area (Å²) in [5.74, 6) is 1.01. The first kappa shape index (κ1) is 27.7. The van der Waals surface area contributed by atoms with E-state index in [0.717, 1.165) is 47.6 Å². The minimum atomic E-state index is -0.400. The van der Waals surface area contributed by atoms with Gasteiger partial charge in [-0.2, -0.15) is 0 Å². The van der Waals surface area contributed by atoms with Crippen molar-refractivity contribution in [1.82, 2.24) is 4.90 Å². The molecule has 0 aliphatic carbocycles. The summed E-state index contributed by atoms with van der Waals surface area (Å²) < 4.78 is 6.15. The van der Waals surface area contributed by atoms with Gasteiger partial charge in [-0.1, -0.05) is 94.3 Å². The highest BCUT2D eigenvalue weighted by Crippen LogP contribution is 2.36. The quantitative estimate of drug-likeness (QED) is 0.205. The number of carbonyl (C=O) groups is 1. The highest BCUT2D eigenvalue weighted by molar-refractivity contribution is 5.97. The normalized spacial score (nSPS) is 11.6. The van der Waals surface area contributed by atoms with Crippen molar-refractivity contribution in [3.05, 3.63) is 101 Å². The van der Waals surface area contributed by atoms with Gasteiger partial charge in [0.05, 0.1) is 0 Å². The molecule has 0 saturated carbocycles. The molecule has 3 aromatic rings. The van der Waals surface area contributed by atoms with Crippen LogP contribution in [0.15, 0.2) is 78.9 Å². The maximum absolute atomic E-state index is 13.5. The summed E-state index contributed by atoms with van der Waals surface area (Å²) in [4.78, 5) is 16.0. The molecule has 0 unspecified atom stereocenters. The third-order valence-electron chi connectivity index (χ3n) is 7.15. The van der Waals surface area contributed by atoms with Gasteiger partial charge in [0.2, 0.25) is 0 Å². The average molecular weight is 486 g/mol. The van der Waals surface area contributed by atoms with Gasteiger partial charge in [-0.25, -0.2) is 0 Å². The van der Waals surface area contributed by atoms with Crippen LogP contribution < -0.4 is 4.74 Å². The van der Waals surface area contributed by atoms with Crippen molar-refractivity contribution in [2.75, 3.05) is 26.2 Å². The fraction of sp³-hybridized carbons (Fsp3) is 0.424. The summed E-state index contributed by atoms with van der Waals surface area (Å²) in [6.45, 7) is 12.6. The molecule has 0 amide bonds. The number of carbonyl (C=O) groups excluding carboxylic acids is 1. The second kappa shape index (κ2) is 14.0. The van der Waals surface area contributed by atoms with Crippen LogP contribution in [0, 0.1) is 6.92 Å².